The molecule has 2 rings (SSSR count). The fourth-order valence-corrected chi connectivity index (χ4v) is 2.77. The Morgan fingerprint density at radius 2 is 1.52 bits per heavy atom. The lowest BCUT2D eigenvalue weighted by atomic mass is 9.96. The van der Waals surface area contributed by atoms with Gasteiger partial charge in [0.1, 0.15) is 0 Å². The summed E-state index contributed by atoms with van der Waals surface area (Å²) in [4.78, 5) is 0. The Bertz CT molecular complexity index is 805. The van der Waals surface area contributed by atoms with Crippen molar-refractivity contribution in [2.24, 2.45) is 0 Å². The molecule has 2 aromatic carbocycles. The van der Waals surface area contributed by atoms with Crippen molar-refractivity contribution >= 4 is 34.1 Å². The van der Waals surface area contributed by atoms with Crippen molar-refractivity contribution in [1.29, 1.82) is 0 Å². The van der Waals surface area contributed by atoms with E-state index in [0.29, 0.717) is 11.1 Å². The first-order valence-corrected chi connectivity index (χ1v) is 8.85. The maximum atomic E-state index is 12.6. The minimum absolute atomic E-state index is 0. The third-order valence-corrected chi connectivity index (χ3v) is 4.44. The lowest BCUT2D eigenvalue weighted by Crippen LogP contribution is -2.28. The van der Waals surface area contributed by atoms with Gasteiger partial charge in [0.05, 0.1) is 0 Å². The van der Waals surface area contributed by atoms with Crippen LogP contribution in [0.15, 0.2) is 48.5 Å². The summed E-state index contributed by atoms with van der Waals surface area (Å²) in [5.41, 5.74) is -3.56. The minimum atomic E-state index is -5.71. The highest BCUT2D eigenvalue weighted by Crippen LogP contribution is 2.36. The summed E-state index contributed by atoms with van der Waals surface area (Å²) in [6.45, 7) is 2.04. The van der Waals surface area contributed by atoms with E-state index in [9.17, 15) is 21.6 Å². The van der Waals surface area contributed by atoms with Crippen molar-refractivity contribution < 1.29 is 25.8 Å². The Morgan fingerprint density at radius 1 is 0.960 bits per heavy atom. The molecule has 0 aliphatic rings. The summed E-state index contributed by atoms with van der Waals surface area (Å²) in [6.07, 6.45) is 2.63. The summed E-state index contributed by atoms with van der Waals surface area (Å²) >= 11 is 0. The van der Waals surface area contributed by atoms with E-state index in [2.05, 4.69) is 4.18 Å². The molecule has 0 radical (unpaired) electrons. The molecule has 0 aromatic heterocycles. The van der Waals surface area contributed by atoms with Crippen LogP contribution >= 0.6 is 24.0 Å². The molecule has 0 atom stereocenters. The smallest absolute Gasteiger partial charge is 0.375 e. The van der Waals surface area contributed by atoms with Crippen LogP contribution in [0.4, 0.5) is 13.2 Å². The van der Waals surface area contributed by atoms with E-state index in [1.807, 2.05) is 19.1 Å². The van der Waals surface area contributed by atoms with Crippen LogP contribution in [-0.2, 0) is 16.5 Å². The van der Waals surface area contributed by atoms with E-state index < -0.39 is 15.6 Å². The van der Waals surface area contributed by atoms with E-state index >= 15 is 0 Å². The van der Waals surface area contributed by atoms with Gasteiger partial charge in [0.25, 0.3) is 0 Å². The lowest BCUT2D eigenvalue weighted by molar-refractivity contribution is -0.0499. The monoisotopic (exact) mass is 486 g/mol. The number of para-hydroxylation sites is 1. The zero-order valence-electron chi connectivity index (χ0n) is 13.4. The quantitative estimate of drug-likeness (QED) is 0.306. The highest BCUT2D eigenvalue weighted by Gasteiger charge is 2.48. The Kier molecular flexibility index (Phi) is 7.73. The van der Waals surface area contributed by atoms with E-state index in [1.54, 1.807) is 24.3 Å². The van der Waals surface area contributed by atoms with Gasteiger partial charge in [-0.1, -0.05) is 55.8 Å². The van der Waals surface area contributed by atoms with E-state index in [4.69, 9.17) is 0 Å². The number of hydrogen-bond donors (Lipinski definition) is 0. The molecular formula is C17H18F3IO3S. The van der Waals surface area contributed by atoms with Gasteiger partial charge < -0.3 is 4.18 Å². The van der Waals surface area contributed by atoms with Crippen LogP contribution in [0.2, 0.25) is 0 Å². The third-order valence-electron chi connectivity index (χ3n) is 3.48. The third kappa shape index (κ3) is 5.34. The van der Waals surface area contributed by atoms with Crippen LogP contribution in [0.25, 0.3) is 11.1 Å². The van der Waals surface area contributed by atoms with Crippen LogP contribution in [0.1, 0.15) is 25.3 Å². The topological polar surface area (TPSA) is 43.4 Å². The summed E-state index contributed by atoms with van der Waals surface area (Å²) in [7, 11) is -5.71. The first-order valence-electron chi connectivity index (χ1n) is 7.44. The Balaban J connectivity index is 0.00000312. The molecule has 0 aliphatic carbocycles. The van der Waals surface area contributed by atoms with Crippen LogP contribution in [-0.4, -0.2) is 13.9 Å². The van der Waals surface area contributed by atoms with Gasteiger partial charge in [-0.05, 0) is 30.0 Å². The van der Waals surface area contributed by atoms with E-state index in [0.717, 1.165) is 24.8 Å². The molecule has 0 N–H and O–H groups in total. The molecule has 0 spiro atoms. The normalized spacial score (nSPS) is 11.7. The molecule has 0 unspecified atom stereocenters. The zero-order valence-corrected chi connectivity index (χ0v) is 16.6. The van der Waals surface area contributed by atoms with Crippen molar-refractivity contribution in [3.63, 3.8) is 0 Å². The Labute approximate surface area is 162 Å². The lowest BCUT2D eigenvalue weighted by Gasteiger charge is -2.15. The SMILES string of the molecule is CCCCc1ccccc1-c1ccccc1OS(=O)(=O)C(F)(F)F.I. The molecule has 0 heterocycles. The molecule has 138 valence electrons. The average Bonchev–Trinajstić information content (AvgIpc) is 2.52. The maximum absolute atomic E-state index is 12.6. The number of unbranched alkanes of at least 4 members (excludes halogenated alkanes) is 1. The predicted octanol–water partition coefficient (Wildman–Crippen LogP) is 5.54. The summed E-state index contributed by atoms with van der Waals surface area (Å²) < 4.78 is 64.7. The molecule has 0 fully saturated rings. The van der Waals surface area contributed by atoms with Crippen molar-refractivity contribution in [2.75, 3.05) is 0 Å². The van der Waals surface area contributed by atoms with Crippen LogP contribution in [0.5, 0.6) is 5.75 Å². The number of aryl methyl sites for hydroxylation is 1. The molecule has 0 amide bonds. The highest BCUT2D eigenvalue weighted by atomic mass is 127. The molecule has 0 saturated carbocycles. The van der Waals surface area contributed by atoms with Gasteiger partial charge >= 0.3 is 15.6 Å². The molecule has 2 aromatic rings. The Hall–Kier alpha value is -1.29. The first kappa shape index (κ1) is 21.8. The van der Waals surface area contributed by atoms with Crippen molar-refractivity contribution in [3.05, 3.63) is 54.1 Å². The van der Waals surface area contributed by atoms with Gasteiger partial charge in [0.2, 0.25) is 0 Å². The maximum Gasteiger partial charge on any atom is 0.534 e. The van der Waals surface area contributed by atoms with Crippen LogP contribution < -0.4 is 4.18 Å². The fraction of sp³-hybridized carbons (Fsp3) is 0.294. The second kappa shape index (κ2) is 8.88. The predicted molar refractivity (Wildman–Crippen MR) is 102 cm³/mol. The van der Waals surface area contributed by atoms with Gasteiger partial charge in [-0.3, -0.25) is 0 Å². The standard InChI is InChI=1S/C17H17F3O3S.HI/c1-2-3-8-13-9-4-5-10-14(13)15-11-6-7-12-16(15)23-24(21,22)17(18,19)20;/h4-7,9-12H,2-3,8H2,1H3;1H. The molecule has 0 aliphatic heterocycles. The van der Waals surface area contributed by atoms with Gasteiger partial charge in [-0.15, -0.1) is 24.0 Å². The number of hydrogen-bond acceptors (Lipinski definition) is 3. The minimum Gasteiger partial charge on any atom is -0.375 e. The average molecular weight is 486 g/mol. The van der Waals surface area contributed by atoms with Crippen molar-refractivity contribution in [1.82, 2.24) is 0 Å². The van der Waals surface area contributed by atoms with Crippen LogP contribution in [0.3, 0.4) is 0 Å². The summed E-state index contributed by atoms with van der Waals surface area (Å²) in [5, 5.41) is 0. The van der Waals surface area contributed by atoms with Crippen molar-refractivity contribution in [2.45, 2.75) is 31.7 Å². The summed E-state index contributed by atoms with van der Waals surface area (Å²) in [6, 6.07) is 13.0. The first-order chi connectivity index (χ1) is 11.3. The second-order valence-electron chi connectivity index (χ2n) is 5.24. The van der Waals surface area contributed by atoms with E-state index in [-0.39, 0.29) is 29.7 Å². The number of alkyl halides is 3. The molecule has 3 nitrogen and oxygen atoms in total. The van der Waals surface area contributed by atoms with Crippen LogP contribution in [0, 0.1) is 0 Å². The molecule has 0 saturated heterocycles. The Morgan fingerprint density at radius 3 is 2.12 bits per heavy atom. The molecular weight excluding hydrogens is 468 g/mol. The number of halogens is 4. The summed E-state index contributed by atoms with van der Waals surface area (Å²) in [5.74, 6) is -0.334. The second-order valence-corrected chi connectivity index (χ2v) is 6.78. The van der Waals surface area contributed by atoms with Crippen molar-refractivity contribution in [3.8, 4) is 16.9 Å². The van der Waals surface area contributed by atoms with E-state index in [1.165, 1.54) is 12.1 Å². The zero-order chi connectivity index (χ0) is 17.8. The fourth-order valence-electron chi connectivity index (χ4n) is 2.30. The van der Waals surface area contributed by atoms with Gasteiger partial charge in [0, 0.05) is 5.56 Å². The number of benzene rings is 2. The highest BCUT2D eigenvalue weighted by molar-refractivity contribution is 14.0. The van der Waals surface area contributed by atoms with Gasteiger partial charge in [-0.25, -0.2) is 0 Å². The molecule has 0 bridgehead atoms. The van der Waals surface area contributed by atoms with Gasteiger partial charge in [-0.2, -0.15) is 21.6 Å². The molecule has 25 heavy (non-hydrogen) atoms. The molecule has 8 heteroatoms. The van der Waals surface area contributed by atoms with Gasteiger partial charge in [0.15, 0.2) is 5.75 Å². The number of rotatable bonds is 6. The largest absolute Gasteiger partial charge is 0.534 e.